The average Bonchev–Trinajstić information content (AvgIpc) is 2.39. The van der Waals surface area contributed by atoms with Crippen molar-refractivity contribution in [3.63, 3.8) is 0 Å². The van der Waals surface area contributed by atoms with Crippen LogP contribution in [0, 0.1) is 21.4 Å². The summed E-state index contributed by atoms with van der Waals surface area (Å²) in [5, 5.41) is 19.5. The quantitative estimate of drug-likeness (QED) is 0.608. The third kappa shape index (κ3) is 2.41. The molecule has 6 nitrogen and oxygen atoms in total. The van der Waals surface area contributed by atoms with E-state index in [1.807, 2.05) is 6.07 Å². The fourth-order valence-electron chi connectivity index (χ4n) is 1.34. The van der Waals surface area contributed by atoms with Crippen molar-refractivity contribution in [1.29, 1.82) is 5.26 Å². The van der Waals surface area contributed by atoms with Gasteiger partial charge in [0.15, 0.2) is 0 Å². The number of hydrogen-bond acceptors (Lipinski definition) is 5. The highest BCUT2D eigenvalue weighted by molar-refractivity contribution is 5.47. The standard InChI is InChI=1S/C12H7N3O3/c13-8-9-4-3-7-12(14-9)18-11-6-2-1-5-10(11)15(16)17/h1-7H. The molecule has 1 heterocycles. The fraction of sp³-hybridized carbons (Fsp3) is 0. The maximum absolute atomic E-state index is 10.8. The topological polar surface area (TPSA) is 89.0 Å². The first-order valence-electron chi connectivity index (χ1n) is 4.99. The monoisotopic (exact) mass is 241 g/mol. The van der Waals surface area contributed by atoms with Gasteiger partial charge in [-0.2, -0.15) is 5.26 Å². The third-order valence-electron chi connectivity index (χ3n) is 2.11. The number of rotatable bonds is 3. The Kier molecular flexibility index (Phi) is 3.16. The molecular formula is C12H7N3O3. The molecule has 0 amide bonds. The molecule has 18 heavy (non-hydrogen) atoms. The number of ether oxygens (including phenoxy) is 1. The van der Waals surface area contributed by atoms with Crippen LogP contribution in [0.4, 0.5) is 5.69 Å². The summed E-state index contributed by atoms with van der Waals surface area (Å²) in [6.45, 7) is 0. The molecule has 88 valence electrons. The first-order valence-corrected chi connectivity index (χ1v) is 4.99. The molecule has 0 fully saturated rings. The van der Waals surface area contributed by atoms with Gasteiger partial charge in [0.1, 0.15) is 11.8 Å². The maximum atomic E-state index is 10.8. The van der Waals surface area contributed by atoms with Gasteiger partial charge in [0.05, 0.1) is 4.92 Å². The predicted molar refractivity (Wildman–Crippen MR) is 62.1 cm³/mol. The Bertz CT molecular complexity index is 634. The number of benzene rings is 1. The van der Waals surface area contributed by atoms with Crippen LogP contribution in [0.5, 0.6) is 11.6 Å². The lowest BCUT2D eigenvalue weighted by Crippen LogP contribution is -1.95. The van der Waals surface area contributed by atoms with E-state index >= 15 is 0 Å². The molecule has 0 atom stereocenters. The molecule has 0 aliphatic carbocycles. The Morgan fingerprint density at radius 3 is 2.72 bits per heavy atom. The Balaban J connectivity index is 2.34. The van der Waals surface area contributed by atoms with Gasteiger partial charge in [0, 0.05) is 12.1 Å². The number of aromatic nitrogens is 1. The van der Waals surface area contributed by atoms with Crippen molar-refractivity contribution in [2.24, 2.45) is 0 Å². The van der Waals surface area contributed by atoms with E-state index in [0.29, 0.717) is 0 Å². The molecule has 0 N–H and O–H groups in total. The Morgan fingerprint density at radius 2 is 2.00 bits per heavy atom. The van der Waals surface area contributed by atoms with Crippen molar-refractivity contribution in [3.8, 4) is 17.7 Å². The second-order valence-electron chi connectivity index (χ2n) is 3.30. The second-order valence-corrected chi connectivity index (χ2v) is 3.30. The normalized spacial score (nSPS) is 9.50. The van der Waals surface area contributed by atoms with E-state index in [1.54, 1.807) is 18.2 Å². The summed E-state index contributed by atoms with van der Waals surface area (Å²) in [6.07, 6.45) is 0. The van der Waals surface area contributed by atoms with Gasteiger partial charge in [-0.3, -0.25) is 10.1 Å². The molecule has 0 aliphatic heterocycles. The van der Waals surface area contributed by atoms with Crippen molar-refractivity contribution < 1.29 is 9.66 Å². The molecule has 1 aromatic carbocycles. The highest BCUT2D eigenvalue weighted by Gasteiger charge is 2.14. The van der Waals surface area contributed by atoms with E-state index < -0.39 is 4.92 Å². The Morgan fingerprint density at radius 1 is 1.22 bits per heavy atom. The van der Waals surface area contributed by atoms with E-state index in [2.05, 4.69) is 4.98 Å². The van der Waals surface area contributed by atoms with Gasteiger partial charge in [-0.05, 0) is 12.1 Å². The van der Waals surface area contributed by atoms with Crippen LogP contribution in [0.1, 0.15) is 5.69 Å². The number of nitro benzene ring substituents is 1. The predicted octanol–water partition coefficient (Wildman–Crippen LogP) is 2.65. The molecular weight excluding hydrogens is 234 g/mol. The molecule has 0 saturated heterocycles. The first kappa shape index (κ1) is 11.5. The zero-order valence-corrected chi connectivity index (χ0v) is 9.11. The fourth-order valence-corrected chi connectivity index (χ4v) is 1.34. The molecule has 0 spiro atoms. The lowest BCUT2D eigenvalue weighted by molar-refractivity contribution is -0.385. The molecule has 0 unspecified atom stereocenters. The largest absolute Gasteiger partial charge is 0.432 e. The molecule has 2 rings (SSSR count). The average molecular weight is 241 g/mol. The molecule has 0 aliphatic rings. The Hall–Kier alpha value is -2.94. The summed E-state index contributed by atoms with van der Waals surface area (Å²) in [5.41, 5.74) is 0.0349. The summed E-state index contributed by atoms with van der Waals surface area (Å²) < 4.78 is 5.31. The van der Waals surface area contributed by atoms with Gasteiger partial charge in [0.2, 0.25) is 11.6 Å². The molecule has 6 heteroatoms. The SMILES string of the molecule is N#Cc1cccc(Oc2ccccc2[N+](=O)[O-])n1. The molecule has 0 saturated carbocycles. The van der Waals surface area contributed by atoms with E-state index in [0.717, 1.165) is 0 Å². The number of pyridine rings is 1. The minimum atomic E-state index is -0.538. The van der Waals surface area contributed by atoms with Crippen molar-refractivity contribution in [2.45, 2.75) is 0 Å². The lowest BCUT2D eigenvalue weighted by atomic mass is 10.3. The van der Waals surface area contributed by atoms with E-state index in [-0.39, 0.29) is 23.0 Å². The van der Waals surface area contributed by atoms with Gasteiger partial charge < -0.3 is 4.74 Å². The van der Waals surface area contributed by atoms with Crippen molar-refractivity contribution >= 4 is 5.69 Å². The maximum Gasteiger partial charge on any atom is 0.311 e. The van der Waals surface area contributed by atoms with Gasteiger partial charge in [-0.25, -0.2) is 4.98 Å². The highest BCUT2D eigenvalue weighted by Crippen LogP contribution is 2.29. The third-order valence-corrected chi connectivity index (χ3v) is 2.11. The van der Waals surface area contributed by atoms with Crippen LogP contribution in [-0.2, 0) is 0 Å². The molecule has 1 aromatic heterocycles. The summed E-state index contributed by atoms with van der Waals surface area (Å²) in [6, 6.07) is 12.5. The van der Waals surface area contributed by atoms with Crippen LogP contribution in [0.2, 0.25) is 0 Å². The van der Waals surface area contributed by atoms with Gasteiger partial charge in [-0.15, -0.1) is 0 Å². The number of nitrogens with zero attached hydrogens (tertiary/aromatic N) is 3. The highest BCUT2D eigenvalue weighted by atomic mass is 16.6. The van der Waals surface area contributed by atoms with Crippen LogP contribution in [0.25, 0.3) is 0 Å². The number of para-hydroxylation sites is 2. The van der Waals surface area contributed by atoms with Gasteiger partial charge >= 0.3 is 5.69 Å². The summed E-state index contributed by atoms with van der Waals surface area (Å²) in [5.74, 6) is 0.230. The second kappa shape index (κ2) is 4.93. The van der Waals surface area contributed by atoms with Crippen LogP contribution < -0.4 is 4.74 Å². The van der Waals surface area contributed by atoms with Gasteiger partial charge in [0.25, 0.3) is 0 Å². The zero-order chi connectivity index (χ0) is 13.0. The smallest absolute Gasteiger partial charge is 0.311 e. The molecule has 0 radical (unpaired) electrons. The summed E-state index contributed by atoms with van der Waals surface area (Å²) >= 11 is 0. The zero-order valence-electron chi connectivity index (χ0n) is 9.11. The number of nitro groups is 1. The van der Waals surface area contributed by atoms with Crippen LogP contribution in [-0.4, -0.2) is 9.91 Å². The van der Waals surface area contributed by atoms with Crippen LogP contribution >= 0.6 is 0 Å². The number of hydrogen-bond donors (Lipinski definition) is 0. The summed E-state index contributed by atoms with van der Waals surface area (Å²) in [4.78, 5) is 14.1. The van der Waals surface area contributed by atoms with Gasteiger partial charge in [-0.1, -0.05) is 18.2 Å². The van der Waals surface area contributed by atoms with E-state index in [9.17, 15) is 10.1 Å². The minimum absolute atomic E-state index is 0.0880. The van der Waals surface area contributed by atoms with E-state index in [4.69, 9.17) is 10.00 Å². The minimum Gasteiger partial charge on any atom is -0.432 e. The summed E-state index contributed by atoms with van der Waals surface area (Å²) in [7, 11) is 0. The van der Waals surface area contributed by atoms with E-state index in [1.165, 1.54) is 24.3 Å². The molecule has 2 aromatic rings. The number of nitriles is 1. The van der Waals surface area contributed by atoms with Crippen LogP contribution in [0.3, 0.4) is 0 Å². The molecule has 0 bridgehead atoms. The first-order chi connectivity index (χ1) is 8.70. The van der Waals surface area contributed by atoms with Crippen LogP contribution in [0.15, 0.2) is 42.5 Å². The van der Waals surface area contributed by atoms with Crippen molar-refractivity contribution in [3.05, 3.63) is 58.3 Å². The lowest BCUT2D eigenvalue weighted by Gasteiger charge is -2.04. The van der Waals surface area contributed by atoms with Crippen molar-refractivity contribution in [1.82, 2.24) is 4.98 Å². The van der Waals surface area contributed by atoms with Crippen molar-refractivity contribution in [2.75, 3.05) is 0 Å². The Labute approximate surface area is 102 Å².